The number of halogens is 1. The summed E-state index contributed by atoms with van der Waals surface area (Å²) in [7, 11) is 0. The number of benzene rings is 1. The molecule has 1 aliphatic heterocycles. The summed E-state index contributed by atoms with van der Waals surface area (Å²) < 4.78 is 6.65. The first-order valence-electron chi connectivity index (χ1n) is 7.16. The maximum atomic E-state index is 12.2. The van der Waals surface area contributed by atoms with E-state index in [4.69, 9.17) is 16.3 Å². The van der Waals surface area contributed by atoms with Crippen LogP contribution in [0.5, 0.6) is 0 Å². The third-order valence-electron chi connectivity index (χ3n) is 3.70. The summed E-state index contributed by atoms with van der Waals surface area (Å²) in [5.74, 6) is -0.193. The maximum Gasteiger partial charge on any atom is 0.269 e. The van der Waals surface area contributed by atoms with E-state index < -0.39 is 0 Å². The normalized spacial score (nSPS) is 15.9. The largest absolute Gasteiger partial charge is 0.381 e. The predicted molar refractivity (Wildman–Crippen MR) is 83.0 cm³/mol. The van der Waals surface area contributed by atoms with Crippen molar-refractivity contribution in [1.82, 2.24) is 14.9 Å². The van der Waals surface area contributed by atoms with Gasteiger partial charge in [0.15, 0.2) is 0 Å². The number of fused-ring (bicyclic) bond motifs is 1. The average molecular weight is 322 g/mol. The van der Waals surface area contributed by atoms with Gasteiger partial charge in [0.1, 0.15) is 6.54 Å². The summed E-state index contributed by atoms with van der Waals surface area (Å²) in [6.45, 7) is 1.26. The third-order valence-corrected chi connectivity index (χ3v) is 3.93. The molecule has 1 saturated heterocycles. The number of rotatable bonds is 3. The molecule has 1 fully saturated rings. The summed E-state index contributed by atoms with van der Waals surface area (Å²) in [4.78, 5) is 28.3. The highest BCUT2D eigenvalue weighted by Gasteiger charge is 2.17. The minimum atomic E-state index is -0.322. The second kappa shape index (κ2) is 6.46. The SMILES string of the molecule is O=C(Cn1c(=O)cnc2ccc(Cl)cc21)NC1CCOCC1. The Bertz CT molecular complexity index is 753. The molecule has 0 aliphatic carbocycles. The monoisotopic (exact) mass is 321 g/mol. The van der Waals surface area contributed by atoms with E-state index in [1.807, 2.05) is 0 Å². The van der Waals surface area contributed by atoms with Gasteiger partial charge in [0.2, 0.25) is 5.91 Å². The lowest BCUT2D eigenvalue weighted by molar-refractivity contribution is -0.122. The summed E-state index contributed by atoms with van der Waals surface area (Å²) in [5, 5.41) is 3.44. The van der Waals surface area contributed by atoms with Crippen LogP contribution in [0.4, 0.5) is 0 Å². The van der Waals surface area contributed by atoms with Crippen LogP contribution < -0.4 is 10.9 Å². The van der Waals surface area contributed by atoms with Crippen LogP contribution >= 0.6 is 11.6 Å². The molecule has 0 atom stereocenters. The molecule has 1 amide bonds. The number of carbonyl (C=O) groups excluding carboxylic acids is 1. The fraction of sp³-hybridized carbons (Fsp3) is 0.400. The number of nitrogens with zero attached hydrogens (tertiary/aromatic N) is 2. The Morgan fingerprint density at radius 1 is 1.41 bits per heavy atom. The van der Waals surface area contributed by atoms with Crippen molar-refractivity contribution in [2.75, 3.05) is 13.2 Å². The quantitative estimate of drug-likeness (QED) is 0.926. The van der Waals surface area contributed by atoms with Gasteiger partial charge in [-0.15, -0.1) is 0 Å². The zero-order valence-electron chi connectivity index (χ0n) is 11.9. The van der Waals surface area contributed by atoms with Crippen LogP contribution in [0, 0.1) is 0 Å². The maximum absolute atomic E-state index is 12.2. The lowest BCUT2D eigenvalue weighted by Crippen LogP contribution is -2.41. The van der Waals surface area contributed by atoms with Crippen LogP contribution in [0.1, 0.15) is 12.8 Å². The fourth-order valence-electron chi connectivity index (χ4n) is 2.56. The van der Waals surface area contributed by atoms with Gasteiger partial charge < -0.3 is 10.1 Å². The van der Waals surface area contributed by atoms with Crippen LogP contribution in [0.2, 0.25) is 5.02 Å². The number of carbonyl (C=O) groups is 1. The number of hydrogen-bond donors (Lipinski definition) is 1. The molecular formula is C15H16ClN3O3. The number of amides is 1. The van der Waals surface area contributed by atoms with Crippen LogP contribution in [0.3, 0.4) is 0 Å². The van der Waals surface area contributed by atoms with Gasteiger partial charge in [0.05, 0.1) is 17.2 Å². The first-order valence-corrected chi connectivity index (χ1v) is 7.53. The predicted octanol–water partition coefficient (Wildman–Crippen LogP) is 1.35. The lowest BCUT2D eigenvalue weighted by Gasteiger charge is -2.23. The fourth-order valence-corrected chi connectivity index (χ4v) is 2.72. The van der Waals surface area contributed by atoms with E-state index in [2.05, 4.69) is 10.3 Å². The molecular weight excluding hydrogens is 306 g/mol. The molecule has 0 radical (unpaired) electrons. The molecule has 6 nitrogen and oxygen atoms in total. The first-order chi connectivity index (χ1) is 10.6. The minimum Gasteiger partial charge on any atom is -0.381 e. The van der Waals surface area contributed by atoms with E-state index in [0.29, 0.717) is 29.3 Å². The van der Waals surface area contributed by atoms with Crippen molar-refractivity contribution in [1.29, 1.82) is 0 Å². The van der Waals surface area contributed by atoms with Crippen molar-refractivity contribution in [2.45, 2.75) is 25.4 Å². The van der Waals surface area contributed by atoms with Gasteiger partial charge in [-0.2, -0.15) is 0 Å². The number of aromatic nitrogens is 2. The molecule has 0 bridgehead atoms. The van der Waals surface area contributed by atoms with Gasteiger partial charge in [-0.1, -0.05) is 11.6 Å². The zero-order chi connectivity index (χ0) is 15.5. The Labute approximate surface area is 132 Å². The Morgan fingerprint density at radius 2 is 2.18 bits per heavy atom. The van der Waals surface area contributed by atoms with Crippen molar-refractivity contribution in [3.05, 3.63) is 39.8 Å². The van der Waals surface area contributed by atoms with Crippen molar-refractivity contribution in [2.24, 2.45) is 0 Å². The molecule has 0 spiro atoms. The molecule has 1 aromatic heterocycles. The summed E-state index contributed by atoms with van der Waals surface area (Å²) in [6.07, 6.45) is 2.81. The molecule has 1 aromatic carbocycles. The molecule has 2 heterocycles. The minimum absolute atomic E-state index is 0.0461. The van der Waals surface area contributed by atoms with E-state index in [1.54, 1.807) is 18.2 Å². The van der Waals surface area contributed by atoms with E-state index in [-0.39, 0.29) is 24.1 Å². The van der Waals surface area contributed by atoms with Gasteiger partial charge in [-0.3, -0.25) is 14.2 Å². The highest BCUT2D eigenvalue weighted by atomic mass is 35.5. The second-order valence-corrected chi connectivity index (χ2v) is 5.71. The molecule has 7 heteroatoms. The standard InChI is InChI=1S/C15H16ClN3O3/c16-10-1-2-12-13(7-10)19(15(21)8-17-12)9-14(20)18-11-3-5-22-6-4-11/h1-2,7-8,11H,3-6,9H2,(H,18,20). The van der Waals surface area contributed by atoms with E-state index in [1.165, 1.54) is 10.8 Å². The Morgan fingerprint density at radius 3 is 2.95 bits per heavy atom. The van der Waals surface area contributed by atoms with E-state index in [0.717, 1.165) is 12.8 Å². The van der Waals surface area contributed by atoms with Crippen LogP contribution in [-0.4, -0.2) is 34.7 Å². The summed E-state index contributed by atoms with van der Waals surface area (Å²) in [5.41, 5.74) is 0.863. The lowest BCUT2D eigenvalue weighted by atomic mass is 10.1. The van der Waals surface area contributed by atoms with Crippen molar-refractivity contribution < 1.29 is 9.53 Å². The summed E-state index contributed by atoms with van der Waals surface area (Å²) >= 11 is 5.98. The Kier molecular flexibility index (Phi) is 4.40. The average Bonchev–Trinajstić information content (AvgIpc) is 2.51. The molecule has 0 unspecified atom stereocenters. The molecule has 1 aliphatic rings. The van der Waals surface area contributed by atoms with Crippen molar-refractivity contribution >= 4 is 28.5 Å². The number of hydrogen-bond acceptors (Lipinski definition) is 4. The zero-order valence-corrected chi connectivity index (χ0v) is 12.7. The number of nitrogens with one attached hydrogen (secondary N) is 1. The van der Waals surface area contributed by atoms with Gasteiger partial charge in [-0.05, 0) is 31.0 Å². The molecule has 116 valence electrons. The van der Waals surface area contributed by atoms with Crippen LogP contribution in [-0.2, 0) is 16.1 Å². The number of ether oxygens (including phenoxy) is 1. The van der Waals surface area contributed by atoms with Crippen LogP contribution in [0.15, 0.2) is 29.2 Å². The van der Waals surface area contributed by atoms with Gasteiger partial charge in [0.25, 0.3) is 5.56 Å². The van der Waals surface area contributed by atoms with Gasteiger partial charge in [0, 0.05) is 24.3 Å². The topological polar surface area (TPSA) is 73.2 Å². The Balaban J connectivity index is 1.83. The molecule has 3 rings (SSSR count). The van der Waals surface area contributed by atoms with E-state index >= 15 is 0 Å². The van der Waals surface area contributed by atoms with Crippen LogP contribution in [0.25, 0.3) is 11.0 Å². The first kappa shape index (κ1) is 15.0. The molecule has 22 heavy (non-hydrogen) atoms. The molecule has 2 aromatic rings. The molecule has 0 saturated carbocycles. The second-order valence-electron chi connectivity index (χ2n) is 5.27. The molecule has 1 N–H and O–H groups in total. The summed E-state index contributed by atoms with van der Waals surface area (Å²) in [6, 6.07) is 5.18. The highest BCUT2D eigenvalue weighted by molar-refractivity contribution is 6.31. The Hall–Kier alpha value is -1.92. The van der Waals surface area contributed by atoms with Gasteiger partial charge in [-0.25, -0.2) is 4.98 Å². The van der Waals surface area contributed by atoms with Crippen molar-refractivity contribution in [3.8, 4) is 0 Å². The smallest absolute Gasteiger partial charge is 0.269 e. The van der Waals surface area contributed by atoms with Gasteiger partial charge >= 0.3 is 0 Å². The van der Waals surface area contributed by atoms with Crippen molar-refractivity contribution in [3.63, 3.8) is 0 Å². The van der Waals surface area contributed by atoms with E-state index in [9.17, 15) is 9.59 Å². The highest BCUT2D eigenvalue weighted by Crippen LogP contribution is 2.16. The third kappa shape index (κ3) is 3.28.